The smallest absolute Gasteiger partial charge is 0.149 e. The summed E-state index contributed by atoms with van der Waals surface area (Å²) in [7, 11) is 0. The molecule has 2 rings (SSSR count). The molecule has 1 unspecified atom stereocenters. The Balaban J connectivity index is 2.40. The highest BCUT2D eigenvalue weighted by Gasteiger charge is 2.05. The zero-order valence-corrected chi connectivity index (χ0v) is 9.05. The predicted octanol–water partition coefficient (Wildman–Crippen LogP) is 0.938. The Labute approximate surface area is 93.4 Å². The predicted molar refractivity (Wildman–Crippen MR) is 63.1 cm³/mol. The third-order valence-electron chi connectivity index (χ3n) is 2.13. The lowest BCUT2D eigenvalue weighted by Gasteiger charge is -2.10. The molecule has 1 atom stereocenters. The topological polar surface area (TPSA) is 87.0 Å². The molecule has 4 N–H and O–H groups in total. The minimum atomic E-state index is -0.0238. The van der Waals surface area contributed by atoms with Crippen molar-refractivity contribution in [3.63, 3.8) is 0 Å². The van der Waals surface area contributed by atoms with E-state index in [4.69, 9.17) is 16.2 Å². The normalized spacial score (nSPS) is 12.6. The second kappa shape index (κ2) is 4.32. The quantitative estimate of drug-likeness (QED) is 0.748. The number of fused-ring (bicyclic) bond motifs is 1. The summed E-state index contributed by atoms with van der Waals surface area (Å²) in [4.78, 5) is 0. The van der Waals surface area contributed by atoms with Crippen molar-refractivity contribution in [1.29, 1.82) is 0 Å². The average molecular weight is 218 g/mol. The van der Waals surface area contributed by atoms with E-state index in [9.17, 15) is 0 Å². The van der Waals surface area contributed by atoms with E-state index in [2.05, 4.69) is 10.2 Å². The van der Waals surface area contributed by atoms with Crippen molar-refractivity contribution in [2.75, 3.05) is 12.3 Å². The van der Waals surface area contributed by atoms with E-state index < -0.39 is 0 Å². The first-order chi connectivity index (χ1) is 7.66. The Morgan fingerprint density at radius 2 is 2.25 bits per heavy atom. The van der Waals surface area contributed by atoms with Gasteiger partial charge < -0.3 is 16.2 Å². The first-order valence-electron chi connectivity index (χ1n) is 5.06. The van der Waals surface area contributed by atoms with Crippen LogP contribution in [0, 0.1) is 0 Å². The van der Waals surface area contributed by atoms with Gasteiger partial charge in [-0.1, -0.05) is 0 Å². The largest absolute Gasteiger partial charge is 0.490 e. The molecule has 84 valence electrons. The zero-order chi connectivity index (χ0) is 11.5. The summed E-state index contributed by atoms with van der Waals surface area (Å²) in [6.45, 7) is 2.32. The number of hydrogen-bond acceptors (Lipinski definition) is 5. The Morgan fingerprint density at radius 3 is 3.00 bits per heavy atom. The van der Waals surface area contributed by atoms with Gasteiger partial charge in [0.25, 0.3) is 0 Å². The molecule has 0 aliphatic heterocycles. The summed E-state index contributed by atoms with van der Waals surface area (Å²) in [6.07, 6.45) is 1.57. The summed E-state index contributed by atoms with van der Waals surface area (Å²) < 4.78 is 5.55. The molecule has 5 nitrogen and oxygen atoms in total. The molecule has 0 spiro atoms. The molecule has 5 heteroatoms. The summed E-state index contributed by atoms with van der Waals surface area (Å²) >= 11 is 0. The number of hydrogen-bond donors (Lipinski definition) is 2. The van der Waals surface area contributed by atoms with E-state index in [0.717, 1.165) is 10.9 Å². The zero-order valence-electron chi connectivity index (χ0n) is 9.05. The fourth-order valence-electron chi connectivity index (χ4n) is 1.39. The average Bonchev–Trinajstić information content (AvgIpc) is 2.26. The molecule has 0 aliphatic carbocycles. The van der Waals surface area contributed by atoms with Crippen LogP contribution in [0.5, 0.6) is 5.75 Å². The van der Waals surface area contributed by atoms with Crippen LogP contribution >= 0.6 is 0 Å². The Morgan fingerprint density at radius 1 is 1.44 bits per heavy atom. The van der Waals surface area contributed by atoms with Crippen LogP contribution in [0.15, 0.2) is 24.4 Å². The van der Waals surface area contributed by atoms with E-state index in [-0.39, 0.29) is 6.04 Å². The number of anilines is 1. The fraction of sp³-hybridized carbons (Fsp3) is 0.273. The molecule has 0 aliphatic rings. The van der Waals surface area contributed by atoms with Gasteiger partial charge in [-0.05, 0) is 25.1 Å². The molecule has 1 aromatic heterocycles. The number of benzene rings is 1. The van der Waals surface area contributed by atoms with Gasteiger partial charge in [-0.15, -0.1) is 0 Å². The van der Waals surface area contributed by atoms with Crippen molar-refractivity contribution in [1.82, 2.24) is 10.2 Å². The molecule has 0 amide bonds. The molecular formula is C11H14N4O. The lowest BCUT2D eigenvalue weighted by atomic mass is 10.2. The van der Waals surface area contributed by atoms with Crippen LogP contribution in [0.2, 0.25) is 0 Å². The molecule has 1 heterocycles. The van der Waals surface area contributed by atoms with E-state index in [1.54, 1.807) is 12.3 Å². The van der Waals surface area contributed by atoms with Crippen LogP contribution in [0.25, 0.3) is 10.9 Å². The maximum atomic E-state index is 5.72. The lowest BCUT2D eigenvalue weighted by molar-refractivity contribution is 0.298. The fourth-order valence-corrected chi connectivity index (χ4v) is 1.39. The lowest BCUT2D eigenvalue weighted by Crippen LogP contribution is -2.23. The van der Waals surface area contributed by atoms with Crippen LogP contribution < -0.4 is 16.2 Å². The van der Waals surface area contributed by atoms with Crippen molar-refractivity contribution in [3.05, 3.63) is 24.4 Å². The van der Waals surface area contributed by atoms with Crippen molar-refractivity contribution in [2.24, 2.45) is 5.73 Å². The van der Waals surface area contributed by atoms with Crippen LogP contribution in [-0.4, -0.2) is 22.8 Å². The second-order valence-electron chi connectivity index (χ2n) is 3.77. The van der Waals surface area contributed by atoms with Crippen molar-refractivity contribution in [2.45, 2.75) is 13.0 Å². The molecule has 2 aromatic rings. The minimum absolute atomic E-state index is 0.0238. The summed E-state index contributed by atoms with van der Waals surface area (Å²) in [6, 6.07) is 5.40. The summed E-state index contributed by atoms with van der Waals surface area (Å²) in [5.74, 6) is 0.662. The van der Waals surface area contributed by atoms with E-state index in [1.165, 1.54) is 0 Å². The van der Waals surface area contributed by atoms with Gasteiger partial charge in [0, 0.05) is 17.1 Å². The highest BCUT2D eigenvalue weighted by atomic mass is 16.5. The monoisotopic (exact) mass is 218 g/mol. The third kappa shape index (κ3) is 2.20. The number of rotatable bonds is 3. The van der Waals surface area contributed by atoms with Crippen LogP contribution in [0.3, 0.4) is 0 Å². The van der Waals surface area contributed by atoms with Crippen molar-refractivity contribution in [3.8, 4) is 5.75 Å². The van der Waals surface area contributed by atoms with Crippen molar-refractivity contribution < 1.29 is 4.74 Å². The van der Waals surface area contributed by atoms with Crippen molar-refractivity contribution >= 4 is 16.6 Å². The summed E-state index contributed by atoms with van der Waals surface area (Å²) in [5.41, 5.74) is 12.8. The second-order valence-corrected chi connectivity index (χ2v) is 3.77. The number of nitrogens with zero attached hydrogens (tertiary/aromatic N) is 2. The molecule has 0 bridgehead atoms. The van der Waals surface area contributed by atoms with Gasteiger partial charge in [0.15, 0.2) is 0 Å². The molecule has 0 radical (unpaired) electrons. The molecule has 0 saturated carbocycles. The third-order valence-corrected chi connectivity index (χ3v) is 2.13. The number of ether oxygens (including phenoxy) is 1. The van der Waals surface area contributed by atoms with Gasteiger partial charge in [-0.3, -0.25) is 0 Å². The molecule has 0 fully saturated rings. The first-order valence-corrected chi connectivity index (χ1v) is 5.06. The Bertz CT molecular complexity index is 498. The van der Waals surface area contributed by atoms with Gasteiger partial charge >= 0.3 is 0 Å². The summed E-state index contributed by atoms with van der Waals surface area (Å²) in [5, 5.41) is 8.71. The molecule has 0 saturated heterocycles. The SMILES string of the molecule is CC(N)COc1cnnc2ccc(N)cc12. The number of nitrogens with two attached hydrogens (primary N) is 2. The minimum Gasteiger partial charge on any atom is -0.490 e. The van der Waals surface area contributed by atoms with Gasteiger partial charge in [0.05, 0.1) is 11.7 Å². The molecule has 1 aromatic carbocycles. The Kier molecular flexibility index (Phi) is 2.87. The highest BCUT2D eigenvalue weighted by molar-refractivity contribution is 5.86. The first kappa shape index (κ1) is 10.6. The highest BCUT2D eigenvalue weighted by Crippen LogP contribution is 2.24. The van der Waals surface area contributed by atoms with Gasteiger partial charge in [-0.25, -0.2) is 0 Å². The molecular weight excluding hydrogens is 204 g/mol. The van der Waals surface area contributed by atoms with Gasteiger partial charge in [0.1, 0.15) is 12.4 Å². The maximum Gasteiger partial charge on any atom is 0.149 e. The van der Waals surface area contributed by atoms with E-state index >= 15 is 0 Å². The van der Waals surface area contributed by atoms with Gasteiger partial charge in [0.2, 0.25) is 0 Å². The maximum absolute atomic E-state index is 5.72. The van der Waals surface area contributed by atoms with Crippen LogP contribution in [-0.2, 0) is 0 Å². The number of aromatic nitrogens is 2. The number of nitrogen functional groups attached to an aromatic ring is 1. The molecule has 16 heavy (non-hydrogen) atoms. The van der Waals surface area contributed by atoms with Crippen LogP contribution in [0.1, 0.15) is 6.92 Å². The van der Waals surface area contributed by atoms with Gasteiger partial charge in [-0.2, -0.15) is 10.2 Å². The van der Waals surface area contributed by atoms with E-state index in [0.29, 0.717) is 18.0 Å². The standard InChI is InChI=1S/C11H14N4O/c1-7(12)6-16-11-5-14-15-10-3-2-8(13)4-9(10)11/h2-5,7H,6,12-13H2,1H3. The Hall–Kier alpha value is -1.88. The van der Waals surface area contributed by atoms with Crippen LogP contribution in [0.4, 0.5) is 5.69 Å². The van der Waals surface area contributed by atoms with E-state index in [1.807, 2.05) is 19.1 Å².